The molecule has 2 heterocycles. The van der Waals surface area contributed by atoms with Crippen LogP contribution >= 0.6 is 11.6 Å². The minimum absolute atomic E-state index is 0.236. The van der Waals surface area contributed by atoms with Crippen molar-refractivity contribution in [1.82, 2.24) is 14.5 Å². The average molecular weight is 459 g/mol. The smallest absolute Gasteiger partial charge is 0.267 e. The molecule has 7 nitrogen and oxygen atoms in total. The molecule has 9 heteroatoms. The first-order valence-corrected chi connectivity index (χ1v) is 11.8. The van der Waals surface area contributed by atoms with Crippen molar-refractivity contribution in [2.75, 3.05) is 31.1 Å². The fourth-order valence-electron chi connectivity index (χ4n) is 3.70. The van der Waals surface area contributed by atoms with Crippen molar-refractivity contribution in [2.45, 2.75) is 18.2 Å². The predicted molar refractivity (Wildman–Crippen MR) is 121 cm³/mol. The number of sulfonamides is 1. The van der Waals surface area contributed by atoms with Crippen molar-refractivity contribution < 1.29 is 8.42 Å². The summed E-state index contributed by atoms with van der Waals surface area (Å²) in [6, 6.07) is 16.0. The summed E-state index contributed by atoms with van der Waals surface area (Å²) in [5.74, 6) is 0. The van der Waals surface area contributed by atoms with Crippen LogP contribution in [-0.4, -0.2) is 49.1 Å². The fourth-order valence-corrected chi connectivity index (χ4v) is 5.31. The van der Waals surface area contributed by atoms with Crippen LogP contribution in [0.2, 0.25) is 5.02 Å². The molecule has 1 N–H and O–H groups in total. The van der Waals surface area contributed by atoms with E-state index in [1.165, 1.54) is 4.31 Å². The maximum absolute atomic E-state index is 13.1. The van der Waals surface area contributed by atoms with Crippen molar-refractivity contribution >= 4 is 27.3 Å². The van der Waals surface area contributed by atoms with Crippen LogP contribution in [0.3, 0.4) is 0 Å². The normalized spacial score (nSPS) is 15.2. The van der Waals surface area contributed by atoms with Crippen LogP contribution < -0.4 is 10.5 Å². The fraction of sp³-hybridized carbons (Fsp3) is 0.273. The molecule has 0 bridgehead atoms. The molecule has 1 aliphatic rings. The lowest BCUT2D eigenvalue weighted by Crippen LogP contribution is -2.48. The van der Waals surface area contributed by atoms with Gasteiger partial charge in [0, 0.05) is 48.9 Å². The van der Waals surface area contributed by atoms with Gasteiger partial charge in [-0.05, 0) is 48.9 Å². The molecule has 1 fully saturated rings. The van der Waals surface area contributed by atoms with E-state index in [-0.39, 0.29) is 10.5 Å². The van der Waals surface area contributed by atoms with Gasteiger partial charge in [-0.2, -0.15) is 9.40 Å². The second-order valence-electron chi connectivity index (χ2n) is 7.56. The van der Waals surface area contributed by atoms with Gasteiger partial charge in [0.15, 0.2) is 0 Å². The molecule has 0 spiro atoms. The maximum atomic E-state index is 13.1. The second kappa shape index (κ2) is 8.82. The van der Waals surface area contributed by atoms with Crippen LogP contribution in [0.5, 0.6) is 0 Å². The van der Waals surface area contributed by atoms with Crippen LogP contribution in [0.15, 0.2) is 64.3 Å². The first kappa shape index (κ1) is 21.5. The Bertz CT molecular complexity index is 1230. The number of hydrogen-bond acceptors (Lipinski definition) is 5. The van der Waals surface area contributed by atoms with Crippen LogP contribution in [-0.2, 0) is 16.4 Å². The summed E-state index contributed by atoms with van der Waals surface area (Å²) in [5.41, 5.74) is 2.95. The molecular weight excluding hydrogens is 436 g/mol. The molecule has 0 amide bonds. The van der Waals surface area contributed by atoms with Gasteiger partial charge in [0.25, 0.3) is 5.56 Å². The molecule has 1 saturated heterocycles. The van der Waals surface area contributed by atoms with E-state index in [0.29, 0.717) is 43.2 Å². The number of aromatic nitrogens is 2. The Morgan fingerprint density at radius 3 is 2.42 bits per heavy atom. The number of anilines is 1. The number of hydrogen-bond donors (Lipinski definition) is 1. The molecule has 0 radical (unpaired) electrons. The summed E-state index contributed by atoms with van der Waals surface area (Å²) < 4.78 is 27.7. The van der Waals surface area contributed by atoms with Crippen LogP contribution in [0.4, 0.5) is 5.69 Å². The van der Waals surface area contributed by atoms with Crippen molar-refractivity contribution in [3.05, 3.63) is 86.8 Å². The Morgan fingerprint density at radius 1 is 1.03 bits per heavy atom. The number of piperazine rings is 1. The van der Waals surface area contributed by atoms with Crippen molar-refractivity contribution in [3.8, 4) is 0 Å². The highest BCUT2D eigenvalue weighted by Gasteiger charge is 2.28. The molecule has 2 aromatic carbocycles. The lowest BCUT2D eigenvalue weighted by molar-refractivity contribution is 0.385. The van der Waals surface area contributed by atoms with E-state index in [1.807, 2.05) is 24.3 Å². The van der Waals surface area contributed by atoms with Gasteiger partial charge in [0.05, 0.1) is 10.6 Å². The number of nitrogens with zero attached hydrogens (tertiary/aromatic N) is 3. The summed E-state index contributed by atoms with van der Waals surface area (Å²) in [5, 5.41) is 7.01. The Hall–Kier alpha value is -2.68. The Kier molecular flexibility index (Phi) is 6.13. The number of halogens is 1. The van der Waals surface area contributed by atoms with Gasteiger partial charge in [-0.25, -0.2) is 13.5 Å². The largest absolute Gasteiger partial charge is 0.369 e. The van der Waals surface area contributed by atoms with E-state index >= 15 is 0 Å². The summed E-state index contributed by atoms with van der Waals surface area (Å²) >= 11 is 6.07. The summed E-state index contributed by atoms with van der Waals surface area (Å²) in [6.45, 7) is 3.81. The van der Waals surface area contributed by atoms with Gasteiger partial charge >= 0.3 is 0 Å². The Labute approximate surface area is 186 Å². The third-order valence-corrected chi connectivity index (χ3v) is 7.52. The zero-order valence-electron chi connectivity index (χ0n) is 17.1. The summed E-state index contributed by atoms with van der Waals surface area (Å²) in [6.07, 6.45) is 0.414. The van der Waals surface area contributed by atoms with Gasteiger partial charge in [0.2, 0.25) is 10.0 Å². The van der Waals surface area contributed by atoms with E-state index in [2.05, 4.69) is 15.1 Å². The summed E-state index contributed by atoms with van der Waals surface area (Å²) in [7, 11) is -3.58. The molecule has 3 aromatic rings. The van der Waals surface area contributed by atoms with E-state index in [4.69, 9.17) is 11.6 Å². The van der Waals surface area contributed by atoms with Gasteiger partial charge in [-0.15, -0.1) is 0 Å². The monoisotopic (exact) mass is 458 g/mol. The minimum Gasteiger partial charge on any atom is -0.369 e. The molecule has 1 aromatic heterocycles. The lowest BCUT2D eigenvalue weighted by Gasteiger charge is -2.35. The van der Waals surface area contributed by atoms with Gasteiger partial charge < -0.3 is 4.90 Å². The summed E-state index contributed by atoms with van der Waals surface area (Å²) in [4.78, 5) is 14.3. The maximum Gasteiger partial charge on any atom is 0.267 e. The van der Waals surface area contributed by atoms with E-state index < -0.39 is 10.0 Å². The first-order valence-electron chi connectivity index (χ1n) is 9.98. The van der Waals surface area contributed by atoms with Crippen molar-refractivity contribution in [1.29, 1.82) is 0 Å². The minimum atomic E-state index is -3.58. The number of H-pyrrole nitrogens is 1. The molecule has 4 rings (SSSR count). The van der Waals surface area contributed by atoms with Crippen LogP contribution in [0.1, 0.15) is 16.8 Å². The molecule has 0 aliphatic carbocycles. The van der Waals surface area contributed by atoms with E-state index in [9.17, 15) is 13.2 Å². The van der Waals surface area contributed by atoms with Crippen LogP contribution in [0.25, 0.3) is 0 Å². The van der Waals surface area contributed by atoms with E-state index in [1.54, 1.807) is 37.3 Å². The van der Waals surface area contributed by atoms with Crippen LogP contribution in [0, 0.1) is 6.92 Å². The van der Waals surface area contributed by atoms with Gasteiger partial charge in [-0.1, -0.05) is 29.8 Å². The topological polar surface area (TPSA) is 86.4 Å². The first-order chi connectivity index (χ1) is 14.8. The third kappa shape index (κ3) is 4.81. The molecule has 0 atom stereocenters. The Morgan fingerprint density at radius 2 is 1.74 bits per heavy atom. The highest BCUT2D eigenvalue weighted by Crippen LogP contribution is 2.24. The van der Waals surface area contributed by atoms with Gasteiger partial charge in [-0.3, -0.25) is 4.79 Å². The number of rotatable bonds is 5. The molecule has 0 unspecified atom stereocenters. The quantitative estimate of drug-likeness (QED) is 0.635. The molecule has 162 valence electrons. The van der Waals surface area contributed by atoms with Crippen molar-refractivity contribution in [2.24, 2.45) is 0 Å². The molecule has 1 aliphatic heterocycles. The highest BCUT2D eigenvalue weighted by molar-refractivity contribution is 7.89. The van der Waals surface area contributed by atoms with E-state index in [0.717, 1.165) is 16.9 Å². The average Bonchev–Trinajstić information content (AvgIpc) is 2.77. The number of aryl methyl sites for hydroxylation is 1. The van der Waals surface area contributed by atoms with Gasteiger partial charge in [0.1, 0.15) is 0 Å². The third-order valence-electron chi connectivity index (χ3n) is 5.38. The predicted octanol–water partition coefficient (Wildman–Crippen LogP) is 2.83. The highest BCUT2D eigenvalue weighted by atomic mass is 35.5. The lowest BCUT2D eigenvalue weighted by atomic mass is 10.1. The number of benzene rings is 2. The zero-order chi connectivity index (χ0) is 22.0. The molecule has 31 heavy (non-hydrogen) atoms. The standard InChI is InChI=1S/C22H23ClN4O3S/c1-16-13-18(22(28)25-24-16)14-17-5-7-21(8-6-17)31(29,30)27-11-9-26(10-12-27)20-4-2-3-19(23)15-20/h2-8,13,15H,9-12,14H2,1H3,(H,25,28). The molecule has 0 saturated carbocycles. The Balaban J connectivity index is 1.44. The molecular formula is C22H23ClN4O3S. The second-order valence-corrected chi connectivity index (χ2v) is 9.93. The zero-order valence-corrected chi connectivity index (χ0v) is 18.7. The number of aromatic amines is 1. The van der Waals surface area contributed by atoms with Crippen molar-refractivity contribution in [3.63, 3.8) is 0 Å². The number of nitrogens with one attached hydrogen (secondary N) is 1. The SMILES string of the molecule is Cc1cc(Cc2ccc(S(=O)(=O)N3CCN(c4cccc(Cl)c4)CC3)cc2)c(=O)[nH]n1.